The third-order valence-corrected chi connectivity index (χ3v) is 3.51. The van der Waals surface area contributed by atoms with Crippen LogP contribution in [0.2, 0.25) is 0 Å². The molecule has 0 heterocycles. The molecule has 1 amide bonds. The quantitative estimate of drug-likeness (QED) is 0.756. The van der Waals surface area contributed by atoms with Crippen LogP contribution in [0.4, 0.5) is 0 Å². The highest BCUT2D eigenvalue weighted by atomic mass is 16.2. The molecule has 0 saturated carbocycles. The van der Waals surface area contributed by atoms with Crippen molar-refractivity contribution in [2.45, 2.75) is 72.8 Å². The lowest BCUT2D eigenvalue weighted by atomic mass is 9.87. The number of Topliss-reactive ketones (excluding diaryl/α,β-unsaturated/α-hetero) is 2. The summed E-state index contributed by atoms with van der Waals surface area (Å²) in [4.78, 5) is 36.0. The Morgan fingerprint density at radius 3 is 1.92 bits per heavy atom. The Morgan fingerprint density at radius 2 is 1.44 bits per heavy atom. The molecular formula is C21H31NO3. The van der Waals surface area contributed by atoms with E-state index in [1.54, 1.807) is 12.1 Å². The Kier molecular flexibility index (Phi) is 7.09. The van der Waals surface area contributed by atoms with E-state index in [4.69, 9.17) is 0 Å². The van der Waals surface area contributed by atoms with Gasteiger partial charge in [0.15, 0.2) is 5.78 Å². The first-order valence-electron chi connectivity index (χ1n) is 8.81. The van der Waals surface area contributed by atoms with Gasteiger partial charge in [-0.3, -0.25) is 14.4 Å². The van der Waals surface area contributed by atoms with Gasteiger partial charge in [-0.15, -0.1) is 0 Å². The van der Waals surface area contributed by atoms with Gasteiger partial charge in [0.1, 0.15) is 5.78 Å². The number of nitrogens with one attached hydrogen (secondary N) is 1. The van der Waals surface area contributed by atoms with Crippen LogP contribution in [-0.4, -0.2) is 23.0 Å². The van der Waals surface area contributed by atoms with Gasteiger partial charge >= 0.3 is 0 Å². The lowest BCUT2D eigenvalue weighted by Crippen LogP contribution is -2.40. The molecule has 4 nitrogen and oxygen atoms in total. The minimum atomic E-state index is -0.282. The van der Waals surface area contributed by atoms with Crippen LogP contribution in [0.3, 0.4) is 0 Å². The van der Waals surface area contributed by atoms with E-state index in [0.29, 0.717) is 12.0 Å². The first-order valence-corrected chi connectivity index (χ1v) is 8.81. The second kappa shape index (κ2) is 8.41. The molecule has 0 fully saturated rings. The van der Waals surface area contributed by atoms with E-state index in [1.807, 2.05) is 53.7 Å². The van der Waals surface area contributed by atoms with Crippen LogP contribution in [0.25, 0.3) is 0 Å². The van der Waals surface area contributed by atoms with E-state index in [-0.39, 0.29) is 47.7 Å². The first kappa shape index (κ1) is 21.1. The topological polar surface area (TPSA) is 63.2 Å². The number of carbonyl (C=O) groups excluding carboxylic acids is 3. The van der Waals surface area contributed by atoms with Crippen molar-refractivity contribution in [2.24, 2.45) is 5.41 Å². The van der Waals surface area contributed by atoms with Crippen molar-refractivity contribution in [3.05, 3.63) is 35.4 Å². The maximum atomic E-state index is 12.2. The molecule has 0 atom stereocenters. The van der Waals surface area contributed by atoms with Gasteiger partial charge in [0.05, 0.1) is 0 Å². The molecule has 0 aliphatic carbocycles. The van der Waals surface area contributed by atoms with E-state index >= 15 is 0 Å². The molecule has 0 aliphatic rings. The third-order valence-electron chi connectivity index (χ3n) is 3.51. The van der Waals surface area contributed by atoms with E-state index in [0.717, 1.165) is 5.56 Å². The molecule has 25 heavy (non-hydrogen) atoms. The average molecular weight is 345 g/mol. The van der Waals surface area contributed by atoms with Crippen molar-refractivity contribution in [3.8, 4) is 0 Å². The van der Waals surface area contributed by atoms with Gasteiger partial charge in [-0.25, -0.2) is 0 Å². The fourth-order valence-corrected chi connectivity index (χ4v) is 2.44. The Balaban J connectivity index is 2.51. The predicted octanol–water partition coefficient (Wildman–Crippen LogP) is 4.11. The average Bonchev–Trinajstić information content (AvgIpc) is 2.42. The molecule has 138 valence electrons. The zero-order chi connectivity index (χ0) is 19.3. The van der Waals surface area contributed by atoms with Crippen LogP contribution < -0.4 is 5.32 Å². The molecule has 1 rings (SSSR count). The molecule has 0 aromatic heterocycles. The number of carbonyl (C=O) groups is 3. The molecule has 0 aliphatic heterocycles. The van der Waals surface area contributed by atoms with Crippen LogP contribution in [0.15, 0.2) is 24.3 Å². The van der Waals surface area contributed by atoms with E-state index in [2.05, 4.69) is 5.32 Å². The van der Waals surface area contributed by atoms with E-state index < -0.39 is 0 Å². The first-order chi connectivity index (χ1) is 11.4. The normalized spacial score (nSPS) is 11.9. The minimum absolute atomic E-state index is 0.0258. The van der Waals surface area contributed by atoms with Crippen LogP contribution in [0.5, 0.6) is 0 Å². The Bertz CT molecular complexity index is 616. The summed E-state index contributed by atoms with van der Waals surface area (Å²) < 4.78 is 0. The summed E-state index contributed by atoms with van der Waals surface area (Å²) in [6, 6.07) is 7.21. The summed E-state index contributed by atoms with van der Waals surface area (Å²) in [7, 11) is 0. The lowest BCUT2D eigenvalue weighted by Gasteiger charge is -2.20. The molecule has 0 unspecified atom stereocenters. The molecule has 1 aromatic carbocycles. The van der Waals surface area contributed by atoms with Crippen molar-refractivity contribution >= 4 is 17.5 Å². The van der Waals surface area contributed by atoms with Crippen LogP contribution in [0.1, 0.15) is 76.7 Å². The lowest BCUT2D eigenvalue weighted by molar-refractivity contribution is -0.126. The minimum Gasteiger partial charge on any atom is -0.351 e. The Morgan fingerprint density at radius 1 is 0.880 bits per heavy atom. The standard InChI is InChI=1S/C21H31NO3/c1-20(2,3)14-18(24)16-9-7-15(8-10-16)13-17(23)11-12-19(25)22-21(4,5)6/h7-10H,11-14H2,1-6H3,(H,22,25). The van der Waals surface area contributed by atoms with Gasteiger partial charge in [-0.2, -0.15) is 0 Å². The van der Waals surface area contributed by atoms with Gasteiger partial charge in [0, 0.05) is 36.8 Å². The van der Waals surface area contributed by atoms with E-state index in [9.17, 15) is 14.4 Å². The maximum Gasteiger partial charge on any atom is 0.220 e. The summed E-state index contributed by atoms with van der Waals surface area (Å²) in [6.45, 7) is 11.8. The number of rotatable bonds is 7. The van der Waals surface area contributed by atoms with Gasteiger partial charge in [0.2, 0.25) is 5.91 Å². The zero-order valence-corrected chi connectivity index (χ0v) is 16.4. The summed E-state index contributed by atoms with van der Waals surface area (Å²) in [6.07, 6.45) is 1.22. The monoisotopic (exact) mass is 345 g/mol. The summed E-state index contributed by atoms with van der Waals surface area (Å²) in [5, 5.41) is 2.85. The van der Waals surface area contributed by atoms with Crippen LogP contribution >= 0.6 is 0 Å². The second-order valence-corrected chi connectivity index (χ2v) is 8.87. The van der Waals surface area contributed by atoms with Crippen molar-refractivity contribution in [1.29, 1.82) is 0 Å². The number of ketones is 2. The molecule has 1 N–H and O–H groups in total. The van der Waals surface area contributed by atoms with Crippen molar-refractivity contribution in [2.75, 3.05) is 0 Å². The fourth-order valence-electron chi connectivity index (χ4n) is 2.44. The van der Waals surface area contributed by atoms with Crippen LogP contribution in [-0.2, 0) is 16.0 Å². The molecule has 0 spiro atoms. The maximum absolute atomic E-state index is 12.2. The van der Waals surface area contributed by atoms with Gasteiger partial charge < -0.3 is 5.32 Å². The van der Waals surface area contributed by atoms with E-state index in [1.165, 1.54) is 0 Å². The summed E-state index contributed by atoms with van der Waals surface area (Å²) >= 11 is 0. The SMILES string of the molecule is CC(C)(C)CC(=O)c1ccc(CC(=O)CCC(=O)NC(C)(C)C)cc1. The molecular weight excluding hydrogens is 314 g/mol. The molecule has 1 aromatic rings. The van der Waals surface area contributed by atoms with Gasteiger partial charge in [-0.05, 0) is 31.7 Å². The fraction of sp³-hybridized carbons (Fsp3) is 0.571. The Labute approximate surface area is 151 Å². The number of amides is 1. The second-order valence-electron chi connectivity index (χ2n) is 8.87. The summed E-state index contributed by atoms with van der Waals surface area (Å²) in [5.74, 6) is 0.0334. The third kappa shape index (κ3) is 9.18. The smallest absolute Gasteiger partial charge is 0.220 e. The molecule has 4 heteroatoms. The zero-order valence-electron chi connectivity index (χ0n) is 16.4. The van der Waals surface area contributed by atoms with Crippen molar-refractivity contribution in [1.82, 2.24) is 5.32 Å². The van der Waals surface area contributed by atoms with Crippen LogP contribution in [0, 0.1) is 5.41 Å². The van der Waals surface area contributed by atoms with Gasteiger partial charge in [-0.1, -0.05) is 45.0 Å². The molecule has 0 saturated heterocycles. The summed E-state index contributed by atoms with van der Waals surface area (Å²) in [5.41, 5.74) is 1.22. The highest BCUT2D eigenvalue weighted by Crippen LogP contribution is 2.21. The molecule has 0 bridgehead atoms. The Hall–Kier alpha value is -1.97. The number of hydrogen-bond donors (Lipinski definition) is 1. The molecule has 0 radical (unpaired) electrons. The number of hydrogen-bond acceptors (Lipinski definition) is 3. The predicted molar refractivity (Wildman–Crippen MR) is 101 cm³/mol. The largest absolute Gasteiger partial charge is 0.351 e. The number of benzene rings is 1. The van der Waals surface area contributed by atoms with Crippen molar-refractivity contribution in [3.63, 3.8) is 0 Å². The highest BCUT2D eigenvalue weighted by Gasteiger charge is 2.18. The van der Waals surface area contributed by atoms with Gasteiger partial charge in [0.25, 0.3) is 0 Å². The highest BCUT2D eigenvalue weighted by molar-refractivity contribution is 5.96. The van der Waals surface area contributed by atoms with Crippen molar-refractivity contribution < 1.29 is 14.4 Å².